The highest BCUT2D eigenvalue weighted by atomic mass is 15.2. The first-order chi connectivity index (χ1) is 7.84. The molecule has 0 atom stereocenters. The topological polar surface area (TPSA) is 63.8 Å². The van der Waals surface area contributed by atoms with Gasteiger partial charge in [-0.1, -0.05) is 32.1 Å². The smallest absolute Gasteiger partial charge is 0.148 e. The maximum atomic E-state index is 5.47. The summed E-state index contributed by atoms with van der Waals surface area (Å²) in [6.07, 6.45) is 8.28. The van der Waals surface area contributed by atoms with E-state index < -0.39 is 0 Å². The van der Waals surface area contributed by atoms with Crippen molar-refractivity contribution < 1.29 is 0 Å². The van der Waals surface area contributed by atoms with Crippen LogP contribution in [0.3, 0.4) is 0 Å². The molecule has 2 rings (SSSR count). The van der Waals surface area contributed by atoms with Crippen LogP contribution in [0, 0.1) is 5.92 Å². The SMILES string of the molecule is Nc1ccc(NCCC2CCCCC2)nn1. The van der Waals surface area contributed by atoms with Gasteiger partial charge in [0.25, 0.3) is 0 Å². The zero-order chi connectivity index (χ0) is 11.2. The first-order valence-corrected chi connectivity index (χ1v) is 6.17. The molecule has 0 spiro atoms. The molecule has 0 aliphatic heterocycles. The molecule has 16 heavy (non-hydrogen) atoms. The Hall–Kier alpha value is -1.32. The van der Waals surface area contributed by atoms with Gasteiger partial charge in [0.2, 0.25) is 0 Å². The zero-order valence-electron chi connectivity index (χ0n) is 9.65. The molecular weight excluding hydrogens is 200 g/mol. The molecule has 0 saturated heterocycles. The van der Waals surface area contributed by atoms with E-state index in [2.05, 4.69) is 15.5 Å². The van der Waals surface area contributed by atoms with Gasteiger partial charge in [-0.3, -0.25) is 0 Å². The summed E-state index contributed by atoms with van der Waals surface area (Å²) in [6.45, 7) is 0.989. The first kappa shape index (κ1) is 11.2. The van der Waals surface area contributed by atoms with Gasteiger partial charge in [0.1, 0.15) is 11.6 Å². The van der Waals surface area contributed by atoms with Crippen LogP contribution in [0.15, 0.2) is 12.1 Å². The van der Waals surface area contributed by atoms with E-state index in [9.17, 15) is 0 Å². The fourth-order valence-corrected chi connectivity index (χ4v) is 2.32. The molecule has 0 bridgehead atoms. The summed E-state index contributed by atoms with van der Waals surface area (Å²) in [5.41, 5.74) is 5.47. The molecule has 0 unspecified atom stereocenters. The van der Waals surface area contributed by atoms with Gasteiger partial charge < -0.3 is 11.1 Å². The predicted octanol–water partition coefficient (Wildman–Crippen LogP) is 2.44. The van der Waals surface area contributed by atoms with Gasteiger partial charge in [0, 0.05) is 6.54 Å². The van der Waals surface area contributed by atoms with E-state index in [1.165, 1.54) is 38.5 Å². The molecule has 3 N–H and O–H groups in total. The van der Waals surface area contributed by atoms with Crippen LogP contribution in [-0.2, 0) is 0 Å². The monoisotopic (exact) mass is 220 g/mol. The van der Waals surface area contributed by atoms with Crippen molar-refractivity contribution in [3.63, 3.8) is 0 Å². The molecule has 4 heteroatoms. The first-order valence-electron chi connectivity index (χ1n) is 6.17. The van der Waals surface area contributed by atoms with Crippen LogP contribution in [0.25, 0.3) is 0 Å². The summed E-state index contributed by atoms with van der Waals surface area (Å²) in [7, 11) is 0. The van der Waals surface area contributed by atoms with Gasteiger partial charge in [-0.05, 0) is 24.5 Å². The summed E-state index contributed by atoms with van der Waals surface area (Å²) >= 11 is 0. The van der Waals surface area contributed by atoms with Crippen LogP contribution in [0.2, 0.25) is 0 Å². The van der Waals surface area contributed by atoms with Gasteiger partial charge in [0.05, 0.1) is 0 Å². The van der Waals surface area contributed by atoms with Crippen molar-refractivity contribution in [2.45, 2.75) is 38.5 Å². The second-order valence-electron chi connectivity index (χ2n) is 4.56. The lowest BCUT2D eigenvalue weighted by Gasteiger charge is -2.21. The van der Waals surface area contributed by atoms with E-state index >= 15 is 0 Å². The summed E-state index contributed by atoms with van der Waals surface area (Å²) in [6, 6.07) is 3.65. The number of hydrogen-bond acceptors (Lipinski definition) is 4. The number of nitrogen functional groups attached to an aromatic ring is 1. The summed E-state index contributed by atoms with van der Waals surface area (Å²) in [5, 5.41) is 11.1. The van der Waals surface area contributed by atoms with Crippen LogP contribution < -0.4 is 11.1 Å². The van der Waals surface area contributed by atoms with E-state index in [0.717, 1.165) is 18.3 Å². The van der Waals surface area contributed by atoms with E-state index in [1.807, 2.05) is 6.07 Å². The van der Waals surface area contributed by atoms with Crippen LogP contribution in [-0.4, -0.2) is 16.7 Å². The second-order valence-corrected chi connectivity index (χ2v) is 4.56. The number of aromatic nitrogens is 2. The number of nitrogens with two attached hydrogens (primary N) is 1. The lowest BCUT2D eigenvalue weighted by atomic mass is 9.87. The molecule has 1 saturated carbocycles. The minimum atomic E-state index is 0.470. The van der Waals surface area contributed by atoms with Crippen molar-refractivity contribution >= 4 is 11.6 Å². The molecule has 1 aliphatic carbocycles. The van der Waals surface area contributed by atoms with E-state index in [4.69, 9.17) is 5.73 Å². The third-order valence-corrected chi connectivity index (χ3v) is 3.27. The minimum absolute atomic E-state index is 0.470. The van der Waals surface area contributed by atoms with Crippen molar-refractivity contribution in [2.75, 3.05) is 17.6 Å². The molecule has 0 radical (unpaired) electrons. The number of anilines is 2. The number of nitrogens with one attached hydrogen (secondary N) is 1. The van der Waals surface area contributed by atoms with Crippen molar-refractivity contribution in [3.8, 4) is 0 Å². The van der Waals surface area contributed by atoms with Gasteiger partial charge in [-0.2, -0.15) is 0 Å². The molecule has 1 fully saturated rings. The Labute approximate surface area is 96.6 Å². The highest BCUT2D eigenvalue weighted by Gasteiger charge is 2.12. The lowest BCUT2D eigenvalue weighted by molar-refractivity contribution is 0.345. The molecule has 0 aromatic carbocycles. The predicted molar refractivity (Wildman–Crippen MR) is 66.1 cm³/mol. The fraction of sp³-hybridized carbons (Fsp3) is 0.667. The molecule has 88 valence electrons. The quantitative estimate of drug-likeness (QED) is 0.818. The van der Waals surface area contributed by atoms with Gasteiger partial charge in [-0.15, -0.1) is 10.2 Å². The zero-order valence-corrected chi connectivity index (χ0v) is 9.65. The molecule has 1 heterocycles. The van der Waals surface area contributed by atoms with Gasteiger partial charge in [-0.25, -0.2) is 0 Å². The number of hydrogen-bond donors (Lipinski definition) is 2. The lowest BCUT2D eigenvalue weighted by Crippen LogP contribution is -2.13. The maximum absolute atomic E-state index is 5.47. The van der Waals surface area contributed by atoms with Crippen molar-refractivity contribution in [1.82, 2.24) is 10.2 Å². The number of rotatable bonds is 4. The second kappa shape index (κ2) is 5.68. The summed E-state index contributed by atoms with van der Waals surface area (Å²) in [4.78, 5) is 0. The third kappa shape index (κ3) is 3.36. The van der Waals surface area contributed by atoms with Crippen molar-refractivity contribution in [1.29, 1.82) is 0 Å². The Bertz CT molecular complexity index is 303. The molecule has 0 amide bonds. The largest absolute Gasteiger partial charge is 0.382 e. The average molecular weight is 220 g/mol. The van der Waals surface area contributed by atoms with Gasteiger partial charge >= 0.3 is 0 Å². The Balaban J connectivity index is 1.69. The van der Waals surface area contributed by atoms with E-state index in [1.54, 1.807) is 6.07 Å². The molecule has 1 aromatic heterocycles. The standard InChI is InChI=1S/C12H20N4/c13-11-6-7-12(16-15-11)14-9-8-10-4-2-1-3-5-10/h6-7,10H,1-5,8-9H2,(H2,13,15)(H,14,16). The van der Waals surface area contributed by atoms with Crippen LogP contribution in [0.1, 0.15) is 38.5 Å². The Kier molecular flexibility index (Phi) is 3.97. The minimum Gasteiger partial charge on any atom is -0.382 e. The Morgan fingerprint density at radius 1 is 1.19 bits per heavy atom. The van der Waals surface area contributed by atoms with Crippen molar-refractivity contribution in [3.05, 3.63) is 12.1 Å². The average Bonchev–Trinajstić information content (AvgIpc) is 2.33. The maximum Gasteiger partial charge on any atom is 0.148 e. The summed E-state index contributed by atoms with van der Waals surface area (Å²) in [5.74, 6) is 2.20. The third-order valence-electron chi connectivity index (χ3n) is 3.27. The molecular formula is C12H20N4. The van der Waals surface area contributed by atoms with Crippen LogP contribution in [0.5, 0.6) is 0 Å². The van der Waals surface area contributed by atoms with Crippen molar-refractivity contribution in [2.24, 2.45) is 5.92 Å². The normalized spacial score (nSPS) is 17.2. The van der Waals surface area contributed by atoms with Gasteiger partial charge in [0.15, 0.2) is 0 Å². The van der Waals surface area contributed by atoms with E-state index in [0.29, 0.717) is 5.82 Å². The number of nitrogens with zero attached hydrogens (tertiary/aromatic N) is 2. The highest BCUT2D eigenvalue weighted by Crippen LogP contribution is 2.25. The fourth-order valence-electron chi connectivity index (χ4n) is 2.32. The highest BCUT2D eigenvalue weighted by molar-refractivity contribution is 5.38. The summed E-state index contributed by atoms with van der Waals surface area (Å²) < 4.78 is 0. The molecule has 4 nitrogen and oxygen atoms in total. The van der Waals surface area contributed by atoms with E-state index in [-0.39, 0.29) is 0 Å². The molecule has 1 aliphatic rings. The Morgan fingerprint density at radius 2 is 2.00 bits per heavy atom. The Morgan fingerprint density at radius 3 is 2.69 bits per heavy atom. The van der Waals surface area contributed by atoms with Crippen LogP contribution >= 0.6 is 0 Å². The molecule has 1 aromatic rings. The van der Waals surface area contributed by atoms with Crippen LogP contribution in [0.4, 0.5) is 11.6 Å².